The van der Waals surface area contributed by atoms with Crippen LogP contribution in [0.1, 0.15) is 13.8 Å². The second-order valence-corrected chi connectivity index (χ2v) is 6.31. The monoisotopic (exact) mass is 297 g/mol. The minimum Gasteiger partial charge on any atom is -0.383 e. The quantitative estimate of drug-likeness (QED) is 0.755. The fourth-order valence-electron chi connectivity index (χ4n) is 2.11. The van der Waals surface area contributed by atoms with Crippen LogP contribution in [0, 0.1) is 5.92 Å². The fraction of sp³-hybridized carbons (Fsp3) is 0.625. The molecule has 0 radical (unpaired) electrons. The largest absolute Gasteiger partial charge is 0.383 e. The number of benzene rings is 1. The average Bonchev–Trinajstić information content (AvgIpc) is 2.37. The van der Waals surface area contributed by atoms with Gasteiger partial charge in [0.15, 0.2) is 0 Å². The third kappa shape index (κ3) is 7.13. The number of rotatable bonds is 9. The predicted molar refractivity (Wildman–Crippen MR) is 89.8 cm³/mol. The van der Waals surface area contributed by atoms with Crippen LogP contribution in [-0.2, 0) is 0 Å². The van der Waals surface area contributed by atoms with Gasteiger partial charge in [-0.25, -0.2) is 0 Å². The number of hydrogen-bond acceptors (Lipinski definition) is 3. The smallest absolute Gasteiger partial charge is 0.0637 e. The molecule has 0 spiro atoms. The van der Waals surface area contributed by atoms with Gasteiger partial charge in [-0.3, -0.25) is 0 Å². The molecule has 3 nitrogen and oxygen atoms in total. The Morgan fingerprint density at radius 2 is 1.80 bits per heavy atom. The maximum Gasteiger partial charge on any atom is 0.0637 e. The van der Waals surface area contributed by atoms with E-state index in [1.807, 2.05) is 24.3 Å². The Bertz CT molecular complexity index is 380. The second-order valence-electron chi connectivity index (χ2n) is 5.90. The minimum absolute atomic E-state index is 0.692. The molecular weight excluding hydrogens is 270 g/mol. The Balaban J connectivity index is 2.39. The van der Waals surface area contributed by atoms with Crippen molar-refractivity contribution >= 4 is 17.3 Å². The molecule has 0 aliphatic heterocycles. The van der Waals surface area contributed by atoms with E-state index in [9.17, 15) is 0 Å². The van der Waals surface area contributed by atoms with Crippen molar-refractivity contribution in [1.29, 1.82) is 0 Å². The van der Waals surface area contributed by atoms with Crippen LogP contribution in [0.3, 0.4) is 0 Å². The third-order valence-corrected chi connectivity index (χ3v) is 3.43. The van der Waals surface area contributed by atoms with Gasteiger partial charge in [-0.05, 0) is 32.1 Å². The zero-order chi connectivity index (χ0) is 15.0. The standard InChI is InChI=1S/C16H28ClN3/c1-14(2)13-20(12-11-19(3)4)10-9-18-16-8-6-5-7-15(16)17/h5-8,14,18H,9-13H2,1-4H3. The highest BCUT2D eigenvalue weighted by Crippen LogP contribution is 2.19. The number of halogens is 1. The lowest BCUT2D eigenvalue weighted by Crippen LogP contribution is -2.37. The van der Waals surface area contributed by atoms with Crippen molar-refractivity contribution in [3.8, 4) is 0 Å². The van der Waals surface area contributed by atoms with Crippen molar-refractivity contribution in [2.75, 3.05) is 52.1 Å². The number of para-hydroxylation sites is 1. The molecule has 0 aliphatic rings. The lowest BCUT2D eigenvalue weighted by molar-refractivity contribution is 0.226. The molecule has 20 heavy (non-hydrogen) atoms. The Kier molecular flexibility index (Phi) is 7.97. The Labute approximate surface area is 128 Å². The van der Waals surface area contributed by atoms with E-state index in [0.717, 1.165) is 43.4 Å². The van der Waals surface area contributed by atoms with E-state index < -0.39 is 0 Å². The Hall–Kier alpha value is -0.770. The van der Waals surface area contributed by atoms with Gasteiger partial charge in [-0.2, -0.15) is 0 Å². The first-order chi connectivity index (χ1) is 9.49. The molecular formula is C16H28ClN3. The summed E-state index contributed by atoms with van der Waals surface area (Å²) in [6.07, 6.45) is 0. The van der Waals surface area contributed by atoms with Crippen molar-refractivity contribution in [1.82, 2.24) is 9.80 Å². The van der Waals surface area contributed by atoms with Gasteiger partial charge in [-0.15, -0.1) is 0 Å². The molecule has 0 unspecified atom stereocenters. The number of hydrogen-bond donors (Lipinski definition) is 1. The molecule has 114 valence electrons. The molecule has 0 atom stereocenters. The Morgan fingerprint density at radius 1 is 1.10 bits per heavy atom. The molecule has 4 heteroatoms. The van der Waals surface area contributed by atoms with Crippen molar-refractivity contribution < 1.29 is 0 Å². The number of nitrogens with zero attached hydrogens (tertiary/aromatic N) is 2. The summed E-state index contributed by atoms with van der Waals surface area (Å²) in [5, 5.41) is 4.21. The summed E-state index contributed by atoms with van der Waals surface area (Å²) in [4.78, 5) is 4.74. The van der Waals surface area contributed by atoms with Gasteiger partial charge in [0, 0.05) is 32.7 Å². The number of nitrogens with one attached hydrogen (secondary N) is 1. The van der Waals surface area contributed by atoms with Crippen LogP contribution in [0.25, 0.3) is 0 Å². The van der Waals surface area contributed by atoms with Crippen LogP contribution in [0.2, 0.25) is 5.02 Å². The molecule has 0 fully saturated rings. The predicted octanol–water partition coefficient (Wildman–Crippen LogP) is 3.27. The van der Waals surface area contributed by atoms with Crippen LogP contribution < -0.4 is 5.32 Å². The highest BCUT2D eigenvalue weighted by Gasteiger charge is 2.08. The number of anilines is 1. The SMILES string of the molecule is CC(C)CN(CCNc1ccccc1Cl)CCN(C)C. The molecule has 0 saturated heterocycles. The van der Waals surface area contributed by atoms with Crippen LogP contribution in [0.15, 0.2) is 24.3 Å². The highest BCUT2D eigenvalue weighted by molar-refractivity contribution is 6.33. The highest BCUT2D eigenvalue weighted by atomic mass is 35.5. The van der Waals surface area contributed by atoms with E-state index in [4.69, 9.17) is 11.6 Å². The van der Waals surface area contributed by atoms with E-state index >= 15 is 0 Å². The van der Waals surface area contributed by atoms with Crippen LogP contribution in [0.4, 0.5) is 5.69 Å². The van der Waals surface area contributed by atoms with Crippen molar-refractivity contribution in [3.63, 3.8) is 0 Å². The van der Waals surface area contributed by atoms with Gasteiger partial charge >= 0.3 is 0 Å². The molecule has 0 amide bonds. The summed E-state index contributed by atoms with van der Waals surface area (Å²) in [6, 6.07) is 7.90. The van der Waals surface area contributed by atoms with Crippen LogP contribution in [0.5, 0.6) is 0 Å². The molecule has 0 aliphatic carbocycles. The van der Waals surface area contributed by atoms with Crippen molar-refractivity contribution in [2.45, 2.75) is 13.8 Å². The molecule has 0 heterocycles. The molecule has 1 N–H and O–H groups in total. The molecule has 1 aromatic rings. The molecule has 1 rings (SSSR count). The van der Waals surface area contributed by atoms with E-state index in [1.54, 1.807) is 0 Å². The Morgan fingerprint density at radius 3 is 2.40 bits per heavy atom. The summed E-state index contributed by atoms with van der Waals surface area (Å²) in [7, 11) is 4.24. The molecule has 0 saturated carbocycles. The van der Waals surface area contributed by atoms with Gasteiger partial charge < -0.3 is 15.1 Å². The maximum absolute atomic E-state index is 6.14. The molecule has 1 aromatic carbocycles. The van der Waals surface area contributed by atoms with E-state index in [2.05, 4.69) is 43.1 Å². The summed E-state index contributed by atoms with van der Waals surface area (Å²) in [5.41, 5.74) is 1.02. The normalized spacial score (nSPS) is 11.6. The number of likely N-dealkylation sites (N-methyl/N-ethyl adjacent to an activating group) is 1. The topological polar surface area (TPSA) is 18.5 Å². The van der Waals surface area contributed by atoms with Gasteiger partial charge in [-0.1, -0.05) is 37.6 Å². The first kappa shape index (κ1) is 17.3. The van der Waals surface area contributed by atoms with Gasteiger partial charge in [0.1, 0.15) is 0 Å². The van der Waals surface area contributed by atoms with Crippen LogP contribution >= 0.6 is 11.6 Å². The third-order valence-electron chi connectivity index (χ3n) is 3.10. The molecule has 0 bridgehead atoms. The molecule has 0 aromatic heterocycles. The first-order valence-corrected chi connectivity index (χ1v) is 7.72. The summed E-state index contributed by atoms with van der Waals surface area (Å²) < 4.78 is 0. The zero-order valence-corrected chi connectivity index (χ0v) is 14.0. The van der Waals surface area contributed by atoms with Crippen LogP contribution in [-0.4, -0.2) is 56.6 Å². The summed E-state index contributed by atoms with van der Waals surface area (Å²) >= 11 is 6.14. The zero-order valence-electron chi connectivity index (χ0n) is 13.2. The summed E-state index contributed by atoms with van der Waals surface area (Å²) in [6.45, 7) is 9.83. The summed E-state index contributed by atoms with van der Waals surface area (Å²) in [5.74, 6) is 0.692. The van der Waals surface area contributed by atoms with Gasteiger partial charge in [0.05, 0.1) is 10.7 Å². The first-order valence-electron chi connectivity index (χ1n) is 7.34. The van der Waals surface area contributed by atoms with E-state index in [-0.39, 0.29) is 0 Å². The fourth-order valence-corrected chi connectivity index (χ4v) is 2.31. The lowest BCUT2D eigenvalue weighted by Gasteiger charge is -2.26. The van der Waals surface area contributed by atoms with E-state index in [1.165, 1.54) is 0 Å². The van der Waals surface area contributed by atoms with Crippen molar-refractivity contribution in [2.24, 2.45) is 5.92 Å². The van der Waals surface area contributed by atoms with Gasteiger partial charge in [0.2, 0.25) is 0 Å². The lowest BCUT2D eigenvalue weighted by atomic mass is 10.2. The average molecular weight is 298 g/mol. The maximum atomic E-state index is 6.14. The van der Waals surface area contributed by atoms with Gasteiger partial charge in [0.25, 0.3) is 0 Å². The second kappa shape index (κ2) is 9.22. The minimum atomic E-state index is 0.692. The van der Waals surface area contributed by atoms with Crippen molar-refractivity contribution in [3.05, 3.63) is 29.3 Å². The van der Waals surface area contributed by atoms with E-state index in [0.29, 0.717) is 5.92 Å².